The van der Waals surface area contributed by atoms with Crippen LogP contribution in [0.2, 0.25) is 10.0 Å². The Hall–Kier alpha value is -2.26. The Labute approximate surface area is 163 Å². The molecule has 146 valence electrons. The lowest BCUT2D eigenvalue weighted by Gasteiger charge is -2.18. The van der Waals surface area contributed by atoms with E-state index in [4.69, 9.17) is 23.2 Å². The highest BCUT2D eigenvalue weighted by atomic mass is 35.5. The van der Waals surface area contributed by atoms with Crippen LogP contribution in [0.3, 0.4) is 0 Å². The number of carbonyl (C=O) groups excluding carboxylic acids is 1. The van der Waals surface area contributed by atoms with Crippen molar-refractivity contribution in [2.45, 2.75) is 13.1 Å². The average molecular weight is 422 g/mol. The molecular weight excluding hydrogens is 406 g/mol. The fourth-order valence-corrected chi connectivity index (χ4v) is 2.28. The van der Waals surface area contributed by atoms with Gasteiger partial charge in [-0.25, -0.2) is 4.98 Å². The van der Waals surface area contributed by atoms with E-state index in [1.807, 2.05) is 0 Å². The molecule has 0 fully saturated rings. The number of hydrogen-bond acceptors (Lipinski definition) is 5. The minimum atomic E-state index is -4.63. The number of anilines is 3. The topological polar surface area (TPSA) is 70.2 Å². The van der Waals surface area contributed by atoms with Crippen LogP contribution >= 0.6 is 23.2 Å². The number of nitrogens with one attached hydrogen (secondary N) is 2. The van der Waals surface area contributed by atoms with Crippen molar-refractivity contribution in [2.75, 3.05) is 30.8 Å². The van der Waals surface area contributed by atoms with Gasteiger partial charge in [0.2, 0.25) is 11.9 Å². The molecule has 0 saturated carbocycles. The molecule has 0 unspecified atom stereocenters. The molecule has 2 N–H and O–H groups in total. The van der Waals surface area contributed by atoms with Gasteiger partial charge in [-0.2, -0.15) is 18.2 Å². The van der Waals surface area contributed by atoms with Gasteiger partial charge in [-0.1, -0.05) is 23.2 Å². The quantitative estimate of drug-likeness (QED) is 0.721. The maximum Gasteiger partial charge on any atom is 0.421 e. The molecule has 27 heavy (non-hydrogen) atoms. The third-order valence-corrected chi connectivity index (χ3v) is 4.29. The van der Waals surface area contributed by atoms with Crippen LogP contribution in [0.25, 0.3) is 0 Å². The van der Waals surface area contributed by atoms with Gasteiger partial charge in [0.1, 0.15) is 11.4 Å². The molecule has 0 aliphatic rings. The van der Waals surface area contributed by atoms with Crippen LogP contribution < -0.4 is 10.6 Å². The third kappa shape index (κ3) is 5.86. The van der Waals surface area contributed by atoms with E-state index in [2.05, 4.69) is 20.6 Å². The van der Waals surface area contributed by atoms with Gasteiger partial charge in [0, 0.05) is 38.9 Å². The van der Waals surface area contributed by atoms with Crippen molar-refractivity contribution in [3.05, 3.63) is 40.0 Å². The lowest BCUT2D eigenvalue weighted by atomic mass is 10.3. The van der Waals surface area contributed by atoms with E-state index in [0.29, 0.717) is 16.9 Å². The van der Waals surface area contributed by atoms with E-state index in [1.165, 1.54) is 24.0 Å². The zero-order chi connectivity index (χ0) is 20.2. The van der Waals surface area contributed by atoms with Gasteiger partial charge < -0.3 is 15.5 Å². The molecule has 1 aromatic carbocycles. The van der Waals surface area contributed by atoms with Crippen molar-refractivity contribution in [2.24, 2.45) is 0 Å². The summed E-state index contributed by atoms with van der Waals surface area (Å²) >= 11 is 11.7. The molecule has 0 radical (unpaired) electrons. The highest BCUT2D eigenvalue weighted by Gasteiger charge is 2.35. The van der Waals surface area contributed by atoms with Gasteiger partial charge in [-0.15, -0.1) is 0 Å². The number of nitrogens with zero attached hydrogens (tertiary/aromatic N) is 3. The van der Waals surface area contributed by atoms with E-state index in [-0.39, 0.29) is 30.0 Å². The van der Waals surface area contributed by atoms with E-state index in [0.717, 1.165) is 0 Å². The highest BCUT2D eigenvalue weighted by molar-refractivity contribution is 6.42. The summed E-state index contributed by atoms with van der Waals surface area (Å²) in [6, 6.07) is 4.62. The molecule has 2 aromatic rings. The summed E-state index contributed by atoms with van der Waals surface area (Å²) in [6.07, 6.45) is -3.94. The molecule has 0 bridgehead atoms. The number of carbonyl (C=O) groups is 1. The van der Waals surface area contributed by atoms with Crippen LogP contribution in [0.15, 0.2) is 24.4 Å². The van der Waals surface area contributed by atoms with Gasteiger partial charge in [0.15, 0.2) is 0 Å². The number of alkyl halides is 3. The van der Waals surface area contributed by atoms with Gasteiger partial charge in [-0.3, -0.25) is 4.79 Å². The Bertz CT molecular complexity index is 832. The number of benzene rings is 1. The Kier molecular flexibility index (Phi) is 6.72. The fraction of sp³-hybridized carbons (Fsp3) is 0.312. The molecule has 0 aliphatic heterocycles. The second kappa shape index (κ2) is 8.62. The van der Waals surface area contributed by atoms with Crippen molar-refractivity contribution in [1.82, 2.24) is 14.9 Å². The summed E-state index contributed by atoms with van der Waals surface area (Å²) in [5, 5.41) is 5.99. The number of rotatable bonds is 6. The number of aromatic nitrogens is 2. The van der Waals surface area contributed by atoms with Crippen LogP contribution in [0.4, 0.5) is 30.6 Å². The molecule has 11 heteroatoms. The van der Waals surface area contributed by atoms with Crippen LogP contribution in [-0.4, -0.2) is 40.9 Å². The largest absolute Gasteiger partial charge is 0.421 e. The number of likely N-dealkylation sites (N-methyl/N-ethyl adjacent to an activating group) is 1. The Morgan fingerprint density at radius 1 is 1.26 bits per heavy atom. The van der Waals surface area contributed by atoms with Crippen molar-refractivity contribution in [3.8, 4) is 0 Å². The summed E-state index contributed by atoms with van der Waals surface area (Å²) in [5.41, 5.74) is -0.543. The van der Waals surface area contributed by atoms with E-state index < -0.39 is 17.6 Å². The van der Waals surface area contributed by atoms with Crippen LogP contribution in [0, 0.1) is 0 Å². The molecule has 2 rings (SSSR count). The lowest BCUT2D eigenvalue weighted by Crippen LogP contribution is -2.29. The first-order valence-corrected chi connectivity index (χ1v) is 8.45. The normalized spacial score (nSPS) is 11.2. The molecule has 0 atom stereocenters. The summed E-state index contributed by atoms with van der Waals surface area (Å²) in [4.78, 5) is 20.2. The van der Waals surface area contributed by atoms with Gasteiger partial charge in [0.25, 0.3) is 0 Å². The molecule has 1 aromatic heterocycles. The third-order valence-electron chi connectivity index (χ3n) is 3.55. The van der Waals surface area contributed by atoms with Gasteiger partial charge in [0.05, 0.1) is 10.0 Å². The molecule has 0 saturated heterocycles. The van der Waals surface area contributed by atoms with Gasteiger partial charge >= 0.3 is 6.18 Å². The average Bonchev–Trinajstić information content (AvgIpc) is 2.57. The minimum absolute atomic E-state index is 0.0520. The van der Waals surface area contributed by atoms with Gasteiger partial charge in [-0.05, 0) is 18.2 Å². The predicted octanol–water partition coefficient (Wildman–Crippen LogP) is 4.44. The zero-order valence-corrected chi connectivity index (χ0v) is 15.9. The SMILES string of the molecule is CC(=O)N(C)CCNc1nc(Nc2ccc(Cl)c(Cl)c2)ncc1C(F)(F)F. The number of amides is 1. The predicted molar refractivity (Wildman–Crippen MR) is 98.6 cm³/mol. The van der Waals surface area contributed by atoms with Crippen molar-refractivity contribution in [3.63, 3.8) is 0 Å². The molecule has 0 aliphatic carbocycles. The maximum atomic E-state index is 13.2. The molecule has 1 amide bonds. The first-order valence-electron chi connectivity index (χ1n) is 7.70. The first kappa shape index (κ1) is 21.0. The Morgan fingerprint density at radius 2 is 1.96 bits per heavy atom. The lowest BCUT2D eigenvalue weighted by molar-refractivity contribution is -0.137. The smallest absolute Gasteiger partial charge is 0.368 e. The Balaban J connectivity index is 2.22. The van der Waals surface area contributed by atoms with Crippen molar-refractivity contribution in [1.29, 1.82) is 0 Å². The fourth-order valence-electron chi connectivity index (χ4n) is 1.99. The molecular formula is C16H16Cl2F3N5O. The van der Waals surface area contributed by atoms with Crippen molar-refractivity contribution < 1.29 is 18.0 Å². The summed E-state index contributed by atoms with van der Waals surface area (Å²) < 4.78 is 39.5. The molecule has 0 spiro atoms. The number of hydrogen-bond donors (Lipinski definition) is 2. The minimum Gasteiger partial charge on any atom is -0.368 e. The van der Waals surface area contributed by atoms with E-state index in [9.17, 15) is 18.0 Å². The van der Waals surface area contributed by atoms with Crippen molar-refractivity contribution >= 4 is 46.6 Å². The molecule has 1 heterocycles. The van der Waals surface area contributed by atoms with E-state index in [1.54, 1.807) is 13.1 Å². The summed E-state index contributed by atoms with van der Waals surface area (Å²) in [5.74, 6) is -0.640. The zero-order valence-electron chi connectivity index (χ0n) is 14.4. The Morgan fingerprint density at radius 3 is 2.56 bits per heavy atom. The van der Waals surface area contributed by atoms with Crippen LogP contribution in [0.5, 0.6) is 0 Å². The standard InChI is InChI=1S/C16H16Cl2F3N5O/c1-9(27)26(2)6-5-22-14-11(16(19,20)21)8-23-15(25-14)24-10-3-4-12(17)13(18)7-10/h3-4,7-8H,5-6H2,1-2H3,(H2,22,23,24,25). The first-order chi connectivity index (χ1) is 12.6. The van der Waals surface area contributed by atoms with Crippen LogP contribution in [-0.2, 0) is 11.0 Å². The highest BCUT2D eigenvalue weighted by Crippen LogP contribution is 2.34. The summed E-state index contributed by atoms with van der Waals surface area (Å²) in [6.45, 7) is 1.67. The van der Waals surface area contributed by atoms with E-state index >= 15 is 0 Å². The molecule has 6 nitrogen and oxygen atoms in total. The second-order valence-corrected chi connectivity index (χ2v) is 6.39. The second-order valence-electron chi connectivity index (χ2n) is 5.57. The summed E-state index contributed by atoms with van der Waals surface area (Å²) in [7, 11) is 1.55. The maximum absolute atomic E-state index is 13.2. The monoisotopic (exact) mass is 421 g/mol. The number of halogens is 5. The van der Waals surface area contributed by atoms with Crippen LogP contribution in [0.1, 0.15) is 12.5 Å².